The van der Waals surface area contributed by atoms with Gasteiger partial charge in [-0.15, -0.1) is 0 Å². The molecule has 0 fully saturated rings. The summed E-state index contributed by atoms with van der Waals surface area (Å²) < 4.78 is 12.9. The topological polar surface area (TPSA) is 33.2 Å². The fraction of sp³-hybridized carbons (Fsp3) is 0.500. The number of carbonyl (C=O) groups is 1. The van der Waals surface area contributed by atoms with E-state index in [0.717, 1.165) is 0 Å². The summed E-state index contributed by atoms with van der Waals surface area (Å²) >= 11 is 0. The van der Waals surface area contributed by atoms with E-state index in [9.17, 15) is 9.18 Å². The smallest absolute Gasteiger partial charge is 0.272 e. The van der Waals surface area contributed by atoms with Gasteiger partial charge in [-0.25, -0.2) is 4.98 Å². The van der Waals surface area contributed by atoms with Crippen molar-refractivity contribution in [3.8, 4) is 0 Å². The minimum absolute atomic E-state index is 0.169. The van der Waals surface area contributed by atoms with Crippen molar-refractivity contribution in [3.05, 3.63) is 29.8 Å². The summed E-state index contributed by atoms with van der Waals surface area (Å²) in [4.78, 5) is 17.2. The van der Waals surface area contributed by atoms with E-state index in [1.165, 1.54) is 18.2 Å². The molecule has 0 aliphatic heterocycles. The molecule has 1 amide bonds. The molecule has 0 aliphatic rings. The monoisotopic (exact) mass is 224 g/mol. The van der Waals surface area contributed by atoms with Crippen LogP contribution in [0.15, 0.2) is 18.2 Å². The summed E-state index contributed by atoms with van der Waals surface area (Å²) in [5.74, 6) is -0.445. The first-order valence-electron chi connectivity index (χ1n) is 5.46. The average molecular weight is 224 g/mol. The van der Waals surface area contributed by atoms with Gasteiger partial charge < -0.3 is 4.90 Å². The van der Waals surface area contributed by atoms with Crippen LogP contribution in [0.1, 0.15) is 31.3 Å². The number of carbonyl (C=O) groups excluding carboxylic acids is 1. The molecular formula is C12H17FN2O. The summed E-state index contributed by atoms with van der Waals surface area (Å²) in [6.45, 7) is 7.24. The van der Waals surface area contributed by atoms with Gasteiger partial charge in [0.1, 0.15) is 5.69 Å². The molecule has 0 N–H and O–H groups in total. The van der Waals surface area contributed by atoms with Gasteiger partial charge in [0.25, 0.3) is 5.91 Å². The van der Waals surface area contributed by atoms with Gasteiger partial charge in [0.2, 0.25) is 5.95 Å². The van der Waals surface area contributed by atoms with Crippen LogP contribution >= 0.6 is 0 Å². The zero-order valence-corrected chi connectivity index (χ0v) is 9.90. The molecule has 0 radical (unpaired) electrons. The number of halogens is 1. The largest absolute Gasteiger partial charge is 0.337 e. The maximum atomic E-state index is 12.9. The number of pyridine rings is 1. The predicted octanol–water partition coefficient (Wildman–Crippen LogP) is 2.34. The average Bonchev–Trinajstić information content (AvgIpc) is 2.24. The molecule has 0 bridgehead atoms. The molecule has 0 unspecified atom stereocenters. The van der Waals surface area contributed by atoms with Gasteiger partial charge in [0.05, 0.1) is 0 Å². The highest BCUT2D eigenvalue weighted by Gasteiger charge is 2.16. The standard InChI is InChI=1S/C12H17FN2O/c1-4-15(8-9(2)3)12(16)10-6-5-7-11(13)14-10/h5-7,9H,4,8H2,1-3H3. The van der Waals surface area contributed by atoms with Crippen molar-refractivity contribution in [3.63, 3.8) is 0 Å². The molecule has 4 heteroatoms. The Balaban J connectivity index is 2.82. The lowest BCUT2D eigenvalue weighted by Gasteiger charge is -2.22. The Kier molecular flexibility index (Phi) is 4.40. The Morgan fingerprint density at radius 1 is 1.50 bits per heavy atom. The molecule has 88 valence electrons. The molecule has 0 aliphatic carbocycles. The summed E-state index contributed by atoms with van der Waals surface area (Å²) in [6, 6.07) is 4.27. The molecule has 0 spiro atoms. The Hall–Kier alpha value is -1.45. The number of hydrogen-bond donors (Lipinski definition) is 0. The molecule has 1 rings (SSSR count). The highest BCUT2D eigenvalue weighted by Crippen LogP contribution is 2.06. The van der Waals surface area contributed by atoms with Crippen LogP contribution in [0.2, 0.25) is 0 Å². The molecule has 0 aromatic carbocycles. The molecule has 0 atom stereocenters. The predicted molar refractivity (Wildman–Crippen MR) is 60.6 cm³/mol. The molecule has 0 saturated carbocycles. The quantitative estimate of drug-likeness (QED) is 0.735. The molecule has 1 aromatic heterocycles. The van der Waals surface area contributed by atoms with Crippen molar-refractivity contribution in [2.75, 3.05) is 13.1 Å². The third kappa shape index (κ3) is 3.29. The molecule has 0 saturated heterocycles. The van der Waals surface area contributed by atoms with E-state index in [2.05, 4.69) is 4.98 Å². The first kappa shape index (κ1) is 12.6. The van der Waals surface area contributed by atoms with Gasteiger partial charge in [0, 0.05) is 13.1 Å². The number of aromatic nitrogens is 1. The molecule has 16 heavy (non-hydrogen) atoms. The van der Waals surface area contributed by atoms with E-state index in [1.54, 1.807) is 4.90 Å². The Bertz CT molecular complexity index is 366. The minimum Gasteiger partial charge on any atom is -0.337 e. The zero-order chi connectivity index (χ0) is 12.1. The fourth-order valence-electron chi connectivity index (χ4n) is 1.49. The number of nitrogens with zero attached hydrogens (tertiary/aromatic N) is 2. The van der Waals surface area contributed by atoms with Crippen LogP contribution in [0, 0.1) is 11.9 Å². The Morgan fingerprint density at radius 3 is 2.69 bits per heavy atom. The van der Waals surface area contributed by atoms with E-state index < -0.39 is 5.95 Å². The van der Waals surface area contributed by atoms with E-state index in [1.807, 2.05) is 20.8 Å². The second-order valence-corrected chi connectivity index (χ2v) is 4.08. The second kappa shape index (κ2) is 5.58. The number of rotatable bonds is 4. The minimum atomic E-state index is -0.619. The van der Waals surface area contributed by atoms with E-state index in [0.29, 0.717) is 19.0 Å². The number of amides is 1. The molecule has 1 aromatic rings. The Morgan fingerprint density at radius 2 is 2.19 bits per heavy atom. The van der Waals surface area contributed by atoms with Crippen molar-refractivity contribution >= 4 is 5.91 Å². The summed E-state index contributed by atoms with van der Waals surface area (Å²) in [6.07, 6.45) is 0. The fourth-order valence-corrected chi connectivity index (χ4v) is 1.49. The van der Waals surface area contributed by atoms with E-state index >= 15 is 0 Å². The Labute approximate surface area is 95.3 Å². The van der Waals surface area contributed by atoms with Crippen LogP contribution in [0.4, 0.5) is 4.39 Å². The van der Waals surface area contributed by atoms with Crippen LogP contribution in [0.3, 0.4) is 0 Å². The maximum absolute atomic E-state index is 12.9. The normalized spacial score (nSPS) is 10.6. The van der Waals surface area contributed by atoms with Gasteiger partial charge in [-0.2, -0.15) is 4.39 Å². The van der Waals surface area contributed by atoms with Crippen molar-refractivity contribution in [1.82, 2.24) is 9.88 Å². The summed E-state index contributed by atoms with van der Waals surface area (Å²) in [7, 11) is 0. The third-order valence-corrected chi connectivity index (χ3v) is 2.19. The van der Waals surface area contributed by atoms with Crippen molar-refractivity contribution in [2.45, 2.75) is 20.8 Å². The van der Waals surface area contributed by atoms with Crippen LogP contribution < -0.4 is 0 Å². The van der Waals surface area contributed by atoms with E-state index in [4.69, 9.17) is 0 Å². The van der Waals surface area contributed by atoms with Crippen LogP contribution in [-0.4, -0.2) is 28.9 Å². The highest BCUT2D eigenvalue weighted by atomic mass is 19.1. The van der Waals surface area contributed by atoms with Crippen molar-refractivity contribution in [1.29, 1.82) is 0 Å². The van der Waals surface area contributed by atoms with E-state index in [-0.39, 0.29) is 11.6 Å². The van der Waals surface area contributed by atoms with Crippen LogP contribution in [0.5, 0.6) is 0 Å². The lowest BCUT2D eigenvalue weighted by atomic mass is 10.2. The van der Waals surface area contributed by atoms with Gasteiger partial charge in [-0.3, -0.25) is 4.79 Å². The van der Waals surface area contributed by atoms with Crippen LogP contribution in [0.25, 0.3) is 0 Å². The summed E-state index contributed by atoms with van der Waals surface area (Å²) in [5.41, 5.74) is 0.169. The molecular weight excluding hydrogens is 207 g/mol. The highest BCUT2D eigenvalue weighted by molar-refractivity contribution is 5.92. The van der Waals surface area contributed by atoms with Gasteiger partial charge in [-0.05, 0) is 25.0 Å². The van der Waals surface area contributed by atoms with Crippen molar-refractivity contribution in [2.24, 2.45) is 5.92 Å². The van der Waals surface area contributed by atoms with Crippen molar-refractivity contribution < 1.29 is 9.18 Å². The van der Waals surface area contributed by atoms with Crippen LogP contribution in [-0.2, 0) is 0 Å². The maximum Gasteiger partial charge on any atom is 0.272 e. The first-order chi connectivity index (χ1) is 7.54. The molecule has 1 heterocycles. The third-order valence-electron chi connectivity index (χ3n) is 2.19. The SMILES string of the molecule is CCN(CC(C)C)C(=O)c1cccc(F)n1. The second-order valence-electron chi connectivity index (χ2n) is 4.08. The van der Waals surface area contributed by atoms with Gasteiger partial charge in [-0.1, -0.05) is 19.9 Å². The van der Waals surface area contributed by atoms with Gasteiger partial charge >= 0.3 is 0 Å². The summed E-state index contributed by atoms with van der Waals surface area (Å²) in [5, 5.41) is 0. The van der Waals surface area contributed by atoms with Gasteiger partial charge in [0.15, 0.2) is 0 Å². The molecule has 3 nitrogen and oxygen atoms in total. The lowest BCUT2D eigenvalue weighted by Crippen LogP contribution is -2.34. The number of hydrogen-bond acceptors (Lipinski definition) is 2. The lowest BCUT2D eigenvalue weighted by molar-refractivity contribution is 0.0738. The zero-order valence-electron chi connectivity index (χ0n) is 9.90. The first-order valence-corrected chi connectivity index (χ1v) is 5.46.